The number of hydrogen-bond donors (Lipinski definition) is 0. The molecule has 2 aromatic carbocycles. The third kappa shape index (κ3) is 4.01. The van der Waals surface area contributed by atoms with E-state index >= 15 is 0 Å². The van der Waals surface area contributed by atoms with E-state index in [2.05, 4.69) is 9.34 Å². The molecule has 0 bridgehead atoms. The van der Waals surface area contributed by atoms with Crippen LogP contribution in [0.2, 0.25) is 5.02 Å². The number of pyridine rings is 1. The van der Waals surface area contributed by atoms with E-state index in [4.69, 9.17) is 16.1 Å². The Morgan fingerprint density at radius 2 is 1.62 bits per heavy atom. The predicted molar refractivity (Wildman–Crippen MR) is 108 cm³/mol. The van der Waals surface area contributed by atoms with Crippen molar-refractivity contribution in [3.8, 4) is 5.75 Å². The summed E-state index contributed by atoms with van der Waals surface area (Å²) in [7, 11) is -5.15. The number of fused-ring (bicyclic) bond motifs is 1. The summed E-state index contributed by atoms with van der Waals surface area (Å²) in [6, 6.07) is 4.37. The van der Waals surface area contributed by atoms with E-state index in [0.717, 1.165) is 22.8 Å². The zero-order valence-corrected chi connectivity index (χ0v) is 18.3. The average molecular weight is 521 g/mol. The molecule has 4 rings (SSSR count). The Labute approximate surface area is 192 Å². The van der Waals surface area contributed by atoms with E-state index in [9.17, 15) is 35.2 Å². The van der Waals surface area contributed by atoms with Crippen molar-refractivity contribution < 1.29 is 39.1 Å². The van der Waals surface area contributed by atoms with Crippen LogP contribution in [0, 0.1) is 36.0 Å². The molecule has 0 N–H and O–H groups in total. The van der Waals surface area contributed by atoms with Crippen LogP contribution >= 0.6 is 11.6 Å². The van der Waals surface area contributed by atoms with Crippen LogP contribution in [0.3, 0.4) is 0 Å². The first-order chi connectivity index (χ1) is 15.9. The summed E-state index contributed by atoms with van der Waals surface area (Å²) in [6.07, 6.45) is 1.28. The number of aryl methyl sites for hydroxylation is 1. The van der Waals surface area contributed by atoms with Gasteiger partial charge in [-0.05, 0) is 19.1 Å². The molecule has 0 saturated carbocycles. The first-order valence-electron chi connectivity index (χ1n) is 9.11. The molecule has 7 nitrogen and oxygen atoms in total. The SMILES string of the molecule is Cc1cc(Cn2cc(Cl)c3ccc(S(=O)(=O)Oc4c(F)c(F)c(F)c(F)c4F)cc3c2=O)on1. The number of benzene rings is 2. The molecule has 14 heteroatoms. The minimum Gasteiger partial charge on any atom is -0.372 e. The molecule has 34 heavy (non-hydrogen) atoms. The monoisotopic (exact) mass is 520 g/mol. The third-order valence-electron chi connectivity index (χ3n) is 4.66. The molecule has 0 atom stereocenters. The standard InChI is InChI=1S/C20H10ClF5N2O5S/c1-8-4-9(32-27-8)6-28-7-13(21)11-3-2-10(5-12(11)20(28)29)34(30,31)33-19-17(25)15(23)14(22)16(24)18(19)26/h2-5,7H,6H2,1H3. The summed E-state index contributed by atoms with van der Waals surface area (Å²) in [5, 5.41) is 3.64. The highest BCUT2D eigenvalue weighted by atomic mass is 35.5. The lowest BCUT2D eigenvalue weighted by atomic mass is 10.2. The van der Waals surface area contributed by atoms with Crippen LogP contribution in [-0.4, -0.2) is 18.1 Å². The smallest absolute Gasteiger partial charge is 0.339 e. The van der Waals surface area contributed by atoms with E-state index < -0.39 is 55.4 Å². The molecular weight excluding hydrogens is 511 g/mol. The number of hydrogen-bond acceptors (Lipinski definition) is 6. The highest BCUT2D eigenvalue weighted by Gasteiger charge is 2.31. The molecule has 2 aromatic heterocycles. The fourth-order valence-corrected chi connectivity index (χ4v) is 4.32. The molecule has 0 spiro atoms. The molecule has 0 aliphatic carbocycles. The van der Waals surface area contributed by atoms with Crippen molar-refractivity contribution in [1.29, 1.82) is 0 Å². The fourth-order valence-electron chi connectivity index (χ4n) is 3.08. The predicted octanol–water partition coefficient (Wildman–Crippen LogP) is 4.46. The minimum atomic E-state index is -5.15. The summed E-state index contributed by atoms with van der Waals surface area (Å²) in [4.78, 5) is 12.1. The van der Waals surface area contributed by atoms with Gasteiger partial charge in [-0.1, -0.05) is 22.8 Å². The molecule has 0 radical (unpaired) electrons. The summed E-state index contributed by atoms with van der Waals surface area (Å²) in [6.45, 7) is 1.55. The van der Waals surface area contributed by atoms with Crippen molar-refractivity contribution in [1.82, 2.24) is 9.72 Å². The van der Waals surface area contributed by atoms with Gasteiger partial charge in [-0.25, -0.2) is 13.2 Å². The zero-order valence-electron chi connectivity index (χ0n) is 16.7. The van der Waals surface area contributed by atoms with Crippen molar-refractivity contribution in [3.63, 3.8) is 0 Å². The highest BCUT2D eigenvalue weighted by molar-refractivity contribution is 7.87. The first-order valence-corrected chi connectivity index (χ1v) is 10.9. The summed E-state index contributed by atoms with van der Waals surface area (Å²) in [5.41, 5.74) is -0.171. The van der Waals surface area contributed by atoms with E-state index in [1.807, 2.05) is 0 Å². The van der Waals surface area contributed by atoms with E-state index in [-0.39, 0.29) is 22.3 Å². The van der Waals surface area contributed by atoms with Gasteiger partial charge < -0.3 is 13.3 Å². The maximum absolute atomic E-state index is 13.9. The van der Waals surface area contributed by atoms with Crippen LogP contribution < -0.4 is 9.74 Å². The van der Waals surface area contributed by atoms with Gasteiger partial charge in [-0.3, -0.25) is 4.79 Å². The van der Waals surface area contributed by atoms with Crippen molar-refractivity contribution in [2.24, 2.45) is 0 Å². The summed E-state index contributed by atoms with van der Waals surface area (Å²) < 4.78 is 103. The van der Waals surface area contributed by atoms with Crippen molar-refractivity contribution in [3.05, 3.63) is 86.4 Å². The zero-order chi connectivity index (χ0) is 24.9. The lowest BCUT2D eigenvalue weighted by molar-refractivity contribution is 0.346. The van der Waals surface area contributed by atoms with Crippen LogP contribution in [0.4, 0.5) is 22.0 Å². The molecule has 0 aliphatic rings. The maximum atomic E-state index is 13.9. The number of halogens is 6. The Bertz CT molecular complexity index is 1610. The fraction of sp³-hybridized carbons (Fsp3) is 0.100. The Kier molecular flexibility index (Phi) is 5.85. The van der Waals surface area contributed by atoms with Crippen LogP contribution in [0.15, 0.2) is 44.7 Å². The second kappa shape index (κ2) is 8.40. The second-order valence-corrected chi connectivity index (χ2v) is 8.94. The molecule has 0 unspecified atom stereocenters. The Hall–Kier alpha value is -3.45. The van der Waals surface area contributed by atoms with Gasteiger partial charge in [0.2, 0.25) is 34.8 Å². The van der Waals surface area contributed by atoms with Gasteiger partial charge in [0.1, 0.15) is 4.90 Å². The molecular formula is C20H10ClF5N2O5S. The maximum Gasteiger partial charge on any atom is 0.339 e. The summed E-state index contributed by atoms with van der Waals surface area (Å²) in [5.74, 6) is -13.9. The molecule has 0 amide bonds. The second-order valence-electron chi connectivity index (χ2n) is 6.99. The highest BCUT2D eigenvalue weighted by Crippen LogP contribution is 2.32. The van der Waals surface area contributed by atoms with Crippen LogP contribution in [-0.2, 0) is 16.7 Å². The average Bonchev–Trinajstić information content (AvgIpc) is 3.21. The quantitative estimate of drug-likeness (QED) is 0.167. The van der Waals surface area contributed by atoms with Gasteiger partial charge in [-0.2, -0.15) is 17.2 Å². The van der Waals surface area contributed by atoms with Crippen molar-refractivity contribution in [2.45, 2.75) is 18.4 Å². The topological polar surface area (TPSA) is 91.4 Å². The van der Waals surface area contributed by atoms with E-state index in [0.29, 0.717) is 11.5 Å². The Balaban J connectivity index is 1.81. The van der Waals surface area contributed by atoms with Crippen LogP contribution in [0.25, 0.3) is 10.8 Å². The third-order valence-corrected chi connectivity index (χ3v) is 6.18. The molecule has 178 valence electrons. The number of nitrogens with zero attached hydrogens (tertiary/aromatic N) is 2. The minimum absolute atomic E-state index is 0.0514. The lowest BCUT2D eigenvalue weighted by Crippen LogP contribution is -2.21. The van der Waals surface area contributed by atoms with Gasteiger partial charge in [0, 0.05) is 17.6 Å². The van der Waals surface area contributed by atoms with Gasteiger partial charge in [-0.15, -0.1) is 0 Å². The van der Waals surface area contributed by atoms with Crippen molar-refractivity contribution >= 4 is 32.5 Å². The van der Waals surface area contributed by atoms with Gasteiger partial charge >= 0.3 is 10.1 Å². The Morgan fingerprint density at radius 1 is 1.00 bits per heavy atom. The lowest BCUT2D eigenvalue weighted by Gasteiger charge is -2.12. The molecule has 4 aromatic rings. The normalized spacial score (nSPS) is 11.9. The van der Waals surface area contributed by atoms with Gasteiger partial charge in [0.05, 0.1) is 22.6 Å². The first kappa shape index (κ1) is 23.7. The molecule has 0 fully saturated rings. The van der Waals surface area contributed by atoms with E-state index in [1.165, 1.54) is 6.20 Å². The van der Waals surface area contributed by atoms with Crippen LogP contribution in [0.5, 0.6) is 5.75 Å². The van der Waals surface area contributed by atoms with Gasteiger partial charge in [0.15, 0.2) is 5.76 Å². The number of aromatic nitrogens is 2. The van der Waals surface area contributed by atoms with Gasteiger partial charge in [0.25, 0.3) is 5.56 Å². The summed E-state index contributed by atoms with van der Waals surface area (Å²) >= 11 is 6.19. The van der Waals surface area contributed by atoms with Crippen molar-refractivity contribution in [2.75, 3.05) is 0 Å². The number of rotatable bonds is 5. The largest absolute Gasteiger partial charge is 0.372 e. The molecule has 2 heterocycles. The Morgan fingerprint density at radius 3 is 2.21 bits per heavy atom. The van der Waals surface area contributed by atoms with Crippen LogP contribution in [0.1, 0.15) is 11.5 Å². The van der Waals surface area contributed by atoms with E-state index in [1.54, 1.807) is 13.0 Å². The molecule has 0 saturated heterocycles. The molecule has 0 aliphatic heterocycles.